The summed E-state index contributed by atoms with van der Waals surface area (Å²) in [6.45, 7) is 0.630. The molecular weight excluding hydrogens is 305 g/mol. The molecule has 21 heavy (non-hydrogen) atoms. The normalized spacial score (nSPS) is 17.7. The van der Waals surface area contributed by atoms with E-state index in [0.717, 1.165) is 17.5 Å². The van der Waals surface area contributed by atoms with E-state index in [1.165, 1.54) is 5.56 Å². The van der Waals surface area contributed by atoms with Gasteiger partial charge in [0.05, 0.1) is 6.04 Å². The van der Waals surface area contributed by atoms with Crippen LogP contribution in [-0.2, 0) is 11.2 Å². The van der Waals surface area contributed by atoms with E-state index < -0.39 is 4.84 Å². The fraction of sp³-hybridized carbons (Fsp3) is 0.235. The second-order valence-corrected chi connectivity index (χ2v) is 6.19. The SMILES string of the molecule is O=C(C(Cl)Cl)N1CCc2ccccc2C1c1ccccc1. The van der Waals surface area contributed by atoms with Crippen LogP contribution in [0.15, 0.2) is 54.6 Å². The lowest BCUT2D eigenvalue weighted by Crippen LogP contribution is -2.43. The van der Waals surface area contributed by atoms with E-state index in [2.05, 4.69) is 12.1 Å². The largest absolute Gasteiger partial charge is 0.329 e. The van der Waals surface area contributed by atoms with E-state index in [4.69, 9.17) is 23.2 Å². The summed E-state index contributed by atoms with van der Waals surface area (Å²) >= 11 is 11.6. The highest BCUT2D eigenvalue weighted by molar-refractivity contribution is 6.53. The Kier molecular flexibility index (Phi) is 4.18. The van der Waals surface area contributed by atoms with Crippen molar-refractivity contribution in [3.63, 3.8) is 0 Å². The molecule has 0 spiro atoms. The van der Waals surface area contributed by atoms with E-state index in [-0.39, 0.29) is 11.9 Å². The smallest absolute Gasteiger partial charge is 0.256 e. The third kappa shape index (κ3) is 2.78. The highest BCUT2D eigenvalue weighted by atomic mass is 35.5. The summed E-state index contributed by atoms with van der Waals surface area (Å²) in [7, 11) is 0. The van der Waals surface area contributed by atoms with Crippen LogP contribution in [0.25, 0.3) is 0 Å². The summed E-state index contributed by atoms with van der Waals surface area (Å²) < 4.78 is 0. The van der Waals surface area contributed by atoms with E-state index in [0.29, 0.717) is 6.54 Å². The number of nitrogens with zero attached hydrogens (tertiary/aromatic N) is 1. The molecule has 4 heteroatoms. The van der Waals surface area contributed by atoms with Crippen LogP contribution in [0, 0.1) is 0 Å². The van der Waals surface area contributed by atoms with Crippen molar-refractivity contribution in [2.45, 2.75) is 17.3 Å². The Bertz CT molecular complexity index is 642. The molecule has 108 valence electrons. The van der Waals surface area contributed by atoms with Gasteiger partial charge in [0.2, 0.25) is 0 Å². The summed E-state index contributed by atoms with van der Waals surface area (Å²) in [6, 6.07) is 18.1. The predicted molar refractivity (Wildman–Crippen MR) is 85.6 cm³/mol. The molecule has 3 rings (SSSR count). The predicted octanol–water partition coefficient (Wildman–Crippen LogP) is 3.96. The maximum atomic E-state index is 12.4. The Labute approximate surface area is 134 Å². The van der Waals surface area contributed by atoms with Crippen LogP contribution in [0.5, 0.6) is 0 Å². The molecule has 1 aliphatic rings. The van der Waals surface area contributed by atoms with Gasteiger partial charge in [0.15, 0.2) is 4.84 Å². The molecule has 0 radical (unpaired) electrons. The molecule has 0 fully saturated rings. The zero-order valence-corrected chi connectivity index (χ0v) is 12.9. The Balaban J connectivity index is 2.09. The summed E-state index contributed by atoms with van der Waals surface area (Å²) in [5.74, 6) is -0.235. The molecule has 1 amide bonds. The second-order valence-electron chi connectivity index (χ2n) is 5.09. The Morgan fingerprint density at radius 2 is 1.71 bits per heavy atom. The zero-order chi connectivity index (χ0) is 14.8. The van der Waals surface area contributed by atoms with Gasteiger partial charge in [-0.15, -0.1) is 0 Å². The van der Waals surface area contributed by atoms with E-state index in [1.807, 2.05) is 42.5 Å². The first-order chi connectivity index (χ1) is 10.2. The van der Waals surface area contributed by atoms with Gasteiger partial charge in [-0.2, -0.15) is 0 Å². The first-order valence-corrected chi connectivity index (χ1v) is 7.77. The number of rotatable bonds is 2. The van der Waals surface area contributed by atoms with Crippen LogP contribution in [0.1, 0.15) is 22.7 Å². The van der Waals surface area contributed by atoms with Gasteiger partial charge in [-0.3, -0.25) is 4.79 Å². The molecule has 2 aromatic carbocycles. The van der Waals surface area contributed by atoms with Crippen molar-refractivity contribution in [1.82, 2.24) is 4.90 Å². The molecule has 0 saturated heterocycles. The molecule has 1 unspecified atom stereocenters. The van der Waals surface area contributed by atoms with Crippen LogP contribution < -0.4 is 0 Å². The molecule has 2 aromatic rings. The topological polar surface area (TPSA) is 20.3 Å². The van der Waals surface area contributed by atoms with Crippen molar-refractivity contribution in [2.75, 3.05) is 6.54 Å². The summed E-state index contributed by atoms with van der Waals surface area (Å²) in [4.78, 5) is 13.1. The average molecular weight is 320 g/mol. The number of carbonyl (C=O) groups is 1. The summed E-state index contributed by atoms with van der Waals surface area (Å²) in [5.41, 5.74) is 3.50. The molecule has 0 aliphatic carbocycles. The van der Waals surface area contributed by atoms with Gasteiger partial charge < -0.3 is 4.90 Å². The Morgan fingerprint density at radius 3 is 2.43 bits per heavy atom. The zero-order valence-electron chi connectivity index (χ0n) is 11.4. The number of halogens is 2. The molecular formula is C17H15Cl2NO. The van der Waals surface area contributed by atoms with Crippen LogP contribution in [-0.4, -0.2) is 22.2 Å². The maximum absolute atomic E-state index is 12.4. The lowest BCUT2D eigenvalue weighted by atomic mass is 9.88. The lowest BCUT2D eigenvalue weighted by Gasteiger charge is -2.38. The number of benzene rings is 2. The van der Waals surface area contributed by atoms with E-state index in [9.17, 15) is 4.79 Å². The summed E-state index contributed by atoms with van der Waals surface area (Å²) in [5, 5.41) is 0. The maximum Gasteiger partial charge on any atom is 0.256 e. The minimum Gasteiger partial charge on any atom is -0.329 e. The van der Waals surface area contributed by atoms with Gasteiger partial charge in [0.1, 0.15) is 0 Å². The van der Waals surface area contributed by atoms with Crippen molar-refractivity contribution in [2.24, 2.45) is 0 Å². The van der Waals surface area contributed by atoms with Crippen LogP contribution in [0.2, 0.25) is 0 Å². The van der Waals surface area contributed by atoms with Gasteiger partial charge in [-0.1, -0.05) is 77.8 Å². The van der Waals surface area contributed by atoms with Gasteiger partial charge in [0, 0.05) is 6.54 Å². The fourth-order valence-electron chi connectivity index (χ4n) is 2.92. The number of alkyl halides is 2. The number of hydrogen-bond donors (Lipinski definition) is 0. The summed E-state index contributed by atoms with van der Waals surface area (Å²) in [6.07, 6.45) is 0.825. The number of hydrogen-bond acceptors (Lipinski definition) is 1. The van der Waals surface area contributed by atoms with Crippen molar-refractivity contribution in [3.8, 4) is 0 Å². The van der Waals surface area contributed by atoms with Gasteiger partial charge in [-0.25, -0.2) is 0 Å². The second kappa shape index (κ2) is 6.08. The lowest BCUT2D eigenvalue weighted by molar-refractivity contribution is -0.131. The average Bonchev–Trinajstić information content (AvgIpc) is 2.53. The first-order valence-electron chi connectivity index (χ1n) is 6.90. The monoisotopic (exact) mass is 319 g/mol. The molecule has 2 nitrogen and oxygen atoms in total. The van der Waals surface area contributed by atoms with E-state index in [1.54, 1.807) is 4.90 Å². The highest BCUT2D eigenvalue weighted by Gasteiger charge is 2.33. The van der Waals surface area contributed by atoms with Gasteiger partial charge in [0.25, 0.3) is 5.91 Å². The highest BCUT2D eigenvalue weighted by Crippen LogP contribution is 2.35. The molecule has 0 bridgehead atoms. The van der Waals surface area contributed by atoms with Crippen molar-refractivity contribution >= 4 is 29.1 Å². The van der Waals surface area contributed by atoms with Gasteiger partial charge >= 0.3 is 0 Å². The van der Waals surface area contributed by atoms with Crippen molar-refractivity contribution in [3.05, 3.63) is 71.3 Å². The standard InChI is InChI=1S/C17H15Cl2NO/c18-16(19)17(21)20-11-10-12-6-4-5-9-14(12)15(20)13-7-2-1-3-8-13/h1-9,15-16H,10-11H2. The minimum absolute atomic E-state index is 0.122. The van der Waals surface area contributed by atoms with Crippen molar-refractivity contribution < 1.29 is 4.79 Å². The minimum atomic E-state index is -1.03. The third-order valence-corrected chi connectivity index (χ3v) is 4.24. The van der Waals surface area contributed by atoms with Crippen LogP contribution in [0.3, 0.4) is 0 Å². The molecule has 1 atom stereocenters. The number of amides is 1. The fourth-order valence-corrected chi connectivity index (χ4v) is 3.17. The Hall–Kier alpha value is -1.51. The van der Waals surface area contributed by atoms with Crippen molar-refractivity contribution in [1.29, 1.82) is 0 Å². The first kappa shape index (κ1) is 14.4. The Morgan fingerprint density at radius 1 is 1.05 bits per heavy atom. The van der Waals surface area contributed by atoms with Gasteiger partial charge in [-0.05, 0) is 23.1 Å². The molecule has 0 saturated carbocycles. The number of fused-ring (bicyclic) bond motifs is 1. The van der Waals surface area contributed by atoms with Crippen LogP contribution in [0.4, 0.5) is 0 Å². The molecule has 0 aromatic heterocycles. The van der Waals surface area contributed by atoms with E-state index >= 15 is 0 Å². The molecule has 0 N–H and O–H groups in total. The molecule has 1 heterocycles. The third-order valence-electron chi connectivity index (χ3n) is 3.87. The number of carbonyl (C=O) groups excluding carboxylic acids is 1. The molecule has 1 aliphatic heterocycles. The van der Waals surface area contributed by atoms with Crippen LogP contribution >= 0.6 is 23.2 Å². The quantitative estimate of drug-likeness (QED) is 0.767.